The van der Waals surface area contributed by atoms with Gasteiger partial charge in [-0.15, -0.1) is 0 Å². The summed E-state index contributed by atoms with van der Waals surface area (Å²) in [5, 5.41) is 23.5. The van der Waals surface area contributed by atoms with E-state index in [4.69, 9.17) is 18.9 Å². The SMILES string of the molecule is COC(OC)[C@]1(CC(=O)OCc2ccccc2)[C@@H](C(=O)OCc2ccccc2)[C@@H](O)C[C@@]1(O)C(C)(C)C. The van der Waals surface area contributed by atoms with E-state index < -0.39 is 53.1 Å². The van der Waals surface area contributed by atoms with Gasteiger partial charge in [-0.25, -0.2) is 0 Å². The molecule has 37 heavy (non-hydrogen) atoms. The molecule has 0 aliphatic heterocycles. The van der Waals surface area contributed by atoms with E-state index in [1.807, 2.05) is 60.7 Å². The molecule has 8 heteroatoms. The summed E-state index contributed by atoms with van der Waals surface area (Å²) in [6.45, 7) is 5.33. The van der Waals surface area contributed by atoms with E-state index in [-0.39, 0.29) is 19.6 Å². The Morgan fingerprint density at radius 2 is 1.41 bits per heavy atom. The van der Waals surface area contributed by atoms with Crippen LogP contribution in [0.2, 0.25) is 0 Å². The molecule has 0 amide bonds. The summed E-state index contributed by atoms with van der Waals surface area (Å²) >= 11 is 0. The van der Waals surface area contributed by atoms with Crippen molar-refractivity contribution in [2.45, 2.75) is 64.8 Å². The van der Waals surface area contributed by atoms with E-state index in [2.05, 4.69) is 0 Å². The molecule has 0 radical (unpaired) electrons. The number of aliphatic hydroxyl groups excluding tert-OH is 1. The number of hydrogen-bond acceptors (Lipinski definition) is 8. The molecule has 1 saturated carbocycles. The maximum Gasteiger partial charge on any atom is 0.312 e. The maximum atomic E-state index is 13.6. The normalized spacial score (nSPS) is 25.7. The second-order valence-electron chi connectivity index (χ2n) is 10.6. The summed E-state index contributed by atoms with van der Waals surface area (Å²) < 4.78 is 22.4. The number of benzene rings is 2. The van der Waals surface area contributed by atoms with Gasteiger partial charge in [0.25, 0.3) is 0 Å². The lowest BCUT2D eigenvalue weighted by Gasteiger charge is -2.53. The van der Waals surface area contributed by atoms with Crippen molar-refractivity contribution in [3.8, 4) is 0 Å². The third-order valence-corrected chi connectivity index (χ3v) is 7.46. The van der Waals surface area contributed by atoms with Gasteiger partial charge in [-0.1, -0.05) is 81.4 Å². The summed E-state index contributed by atoms with van der Waals surface area (Å²) in [4.78, 5) is 26.9. The quantitative estimate of drug-likeness (QED) is 0.365. The van der Waals surface area contributed by atoms with Crippen molar-refractivity contribution in [1.29, 1.82) is 0 Å². The van der Waals surface area contributed by atoms with Gasteiger partial charge in [-0.3, -0.25) is 9.59 Å². The first-order valence-corrected chi connectivity index (χ1v) is 12.4. The Morgan fingerprint density at radius 1 is 0.919 bits per heavy atom. The fourth-order valence-electron chi connectivity index (χ4n) is 5.63. The first kappa shape index (κ1) is 28.8. The van der Waals surface area contributed by atoms with Gasteiger partial charge in [-0.2, -0.15) is 0 Å². The first-order chi connectivity index (χ1) is 17.5. The number of esters is 2. The summed E-state index contributed by atoms with van der Waals surface area (Å²) in [7, 11) is 2.73. The van der Waals surface area contributed by atoms with Crippen LogP contribution in [0.1, 0.15) is 44.7 Å². The molecule has 0 aromatic heterocycles. The Bertz CT molecular complexity index is 1030. The monoisotopic (exact) mass is 514 g/mol. The first-order valence-electron chi connectivity index (χ1n) is 12.4. The average Bonchev–Trinajstić information content (AvgIpc) is 3.10. The van der Waals surface area contributed by atoms with Gasteiger partial charge in [0.1, 0.15) is 13.2 Å². The Balaban J connectivity index is 2.01. The number of hydrogen-bond donors (Lipinski definition) is 2. The van der Waals surface area contributed by atoms with Crippen molar-refractivity contribution in [1.82, 2.24) is 0 Å². The van der Waals surface area contributed by atoms with Gasteiger partial charge < -0.3 is 29.2 Å². The smallest absolute Gasteiger partial charge is 0.312 e. The third kappa shape index (κ3) is 5.72. The zero-order chi connectivity index (χ0) is 27.3. The minimum absolute atomic E-state index is 0.0139. The lowest BCUT2D eigenvalue weighted by molar-refractivity contribution is -0.273. The average molecular weight is 515 g/mol. The highest BCUT2D eigenvalue weighted by Gasteiger charge is 2.74. The van der Waals surface area contributed by atoms with Crippen LogP contribution in [0.15, 0.2) is 60.7 Å². The minimum Gasteiger partial charge on any atom is -0.461 e. The van der Waals surface area contributed by atoms with Crippen molar-refractivity contribution in [2.24, 2.45) is 16.7 Å². The molecular formula is C29H38O8. The number of rotatable bonds is 10. The Hall–Kier alpha value is -2.78. The zero-order valence-corrected chi connectivity index (χ0v) is 22.2. The standard InChI is InChI=1S/C29H38O8/c1-27(2,3)29(33)16-22(30)24(25(32)37-19-21-14-10-7-11-15-21)28(29,26(34-4)35-5)17-23(31)36-18-20-12-8-6-9-13-20/h6-15,22,24,26,30,33H,16-19H2,1-5H3/t22-,24+,28-,29+/m0/s1. The van der Waals surface area contributed by atoms with E-state index in [1.165, 1.54) is 14.2 Å². The molecule has 2 aromatic rings. The summed E-state index contributed by atoms with van der Waals surface area (Å²) in [5.74, 6) is -2.75. The number of carbonyl (C=O) groups is 2. The predicted octanol–water partition coefficient (Wildman–Crippen LogP) is 3.63. The van der Waals surface area contributed by atoms with Gasteiger partial charge in [-0.05, 0) is 16.5 Å². The minimum atomic E-state index is -1.77. The molecule has 0 unspecified atom stereocenters. The van der Waals surface area contributed by atoms with E-state index in [9.17, 15) is 19.8 Å². The van der Waals surface area contributed by atoms with Crippen molar-refractivity contribution in [2.75, 3.05) is 14.2 Å². The Labute approximate surface area is 218 Å². The predicted molar refractivity (Wildman–Crippen MR) is 136 cm³/mol. The highest BCUT2D eigenvalue weighted by Crippen LogP contribution is 2.62. The summed E-state index contributed by atoms with van der Waals surface area (Å²) in [5.41, 5.74) is -2.82. The van der Waals surface area contributed by atoms with Crippen LogP contribution in [0.4, 0.5) is 0 Å². The fraction of sp³-hybridized carbons (Fsp3) is 0.517. The van der Waals surface area contributed by atoms with Crippen molar-refractivity contribution >= 4 is 11.9 Å². The van der Waals surface area contributed by atoms with Crippen LogP contribution in [-0.2, 0) is 41.8 Å². The molecule has 3 rings (SSSR count). The largest absolute Gasteiger partial charge is 0.461 e. The molecule has 2 N–H and O–H groups in total. The molecule has 2 aromatic carbocycles. The van der Waals surface area contributed by atoms with E-state index in [1.54, 1.807) is 20.8 Å². The molecule has 202 valence electrons. The lowest BCUT2D eigenvalue weighted by atomic mass is 9.57. The van der Waals surface area contributed by atoms with Crippen molar-refractivity contribution < 1.29 is 38.7 Å². The van der Waals surface area contributed by atoms with Crippen molar-refractivity contribution in [3.63, 3.8) is 0 Å². The molecular weight excluding hydrogens is 476 g/mol. The van der Waals surface area contributed by atoms with Crippen LogP contribution in [0.3, 0.4) is 0 Å². The van der Waals surface area contributed by atoms with Gasteiger partial charge in [0.2, 0.25) is 0 Å². The second-order valence-corrected chi connectivity index (χ2v) is 10.6. The third-order valence-electron chi connectivity index (χ3n) is 7.46. The van der Waals surface area contributed by atoms with E-state index >= 15 is 0 Å². The lowest BCUT2D eigenvalue weighted by Crippen LogP contribution is -2.63. The van der Waals surface area contributed by atoms with Gasteiger partial charge >= 0.3 is 11.9 Å². The van der Waals surface area contributed by atoms with Crippen LogP contribution in [-0.4, -0.2) is 54.4 Å². The zero-order valence-electron chi connectivity index (χ0n) is 22.2. The summed E-state index contributed by atoms with van der Waals surface area (Å²) in [6.07, 6.45) is -3.17. The molecule has 0 saturated heterocycles. The van der Waals surface area contributed by atoms with Crippen LogP contribution < -0.4 is 0 Å². The van der Waals surface area contributed by atoms with Crippen LogP contribution in [0.25, 0.3) is 0 Å². The number of ether oxygens (including phenoxy) is 4. The van der Waals surface area contributed by atoms with Crippen LogP contribution in [0, 0.1) is 16.7 Å². The number of methoxy groups -OCH3 is 2. The molecule has 1 fully saturated rings. The van der Waals surface area contributed by atoms with Gasteiger partial charge in [0.05, 0.1) is 29.5 Å². The second kappa shape index (κ2) is 11.7. The fourth-order valence-corrected chi connectivity index (χ4v) is 5.63. The van der Waals surface area contributed by atoms with Crippen molar-refractivity contribution in [3.05, 3.63) is 71.8 Å². The van der Waals surface area contributed by atoms with E-state index in [0.717, 1.165) is 11.1 Å². The summed E-state index contributed by atoms with van der Waals surface area (Å²) in [6, 6.07) is 18.3. The molecule has 0 bridgehead atoms. The molecule has 8 nitrogen and oxygen atoms in total. The Kier molecular flexibility index (Phi) is 9.13. The Morgan fingerprint density at radius 3 is 1.86 bits per heavy atom. The number of carbonyl (C=O) groups excluding carboxylic acids is 2. The number of aliphatic hydroxyl groups is 2. The van der Waals surface area contributed by atoms with Crippen LogP contribution in [0.5, 0.6) is 0 Å². The molecule has 4 atom stereocenters. The van der Waals surface area contributed by atoms with Gasteiger partial charge in [0.15, 0.2) is 6.29 Å². The molecule has 0 heterocycles. The maximum absolute atomic E-state index is 13.6. The molecule has 0 spiro atoms. The molecule has 1 aliphatic carbocycles. The van der Waals surface area contributed by atoms with Gasteiger partial charge in [0, 0.05) is 20.6 Å². The topological polar surface area (TPSA) is 112 Å². The van der Waals surface area contributed by atoms with E-state index in [0.29, 0.717) is 0 Å². The van der Waals surface area contributed by atoms with Crippen LogP contribution >= 0.6 is 0 Å². The highest BCUT2D eigenvalue weighted by molar-refractivity contribution is 5.78. The highest BCUT2D eigenvalue weighted by atomic mass is 16.7. The molecule has 1 aliphatic rings.